The van der Waals surface area contributed by atoms with Crippen molar-refractivity contribution in [2.45, 2.75) is 13.1 Å². The molecule has 0 atom stereocenters. The number of nitrogens with two attached hydrogens (primary N) is 1. The minimum Gasteiger partial charge on any atom is -0.399 e. The Kier molecular flexibility index (Phi) is 3.44. The van der Waals surface area contributed by atoms with Crippen LogP contribution in [0.1, 0.15) is 21.5 Å². The fraction of sp³-hybridized carbons (Fsp3) is 0.133. The second-order valence-electron chi connectivity index (χ2n) is 4.81. The number of nitrogen functional groups attached to an aromatic ring is 1. The average Bonchev–Trinajstić information content (AvgIpc) is 2.70. The predicted molar refractivity (Wildman–Crippen MR) is 83.6 cm³/mol. The maximum absolute atomic E-state index is 12.3. The van der Waals surface area contributed by atoms with E-state index in [0.29, 0.717) is 29.4 Å². The van der Waals surface area contributed by atoms with Gasteiger partial charge in [0.2, 0.25) is 0 Å². The molecule has 0 saturated carbocycles. The number of nitrogens with zero attached hydrogens (tertiary/aromatic N) is 1. The third kappa shape index (κ3) is 2.41. The smallest absolute Gasteiger partial charge is 0.254 e. The van der Waals surface area contributed by atoms with Crippen molar-refractivity contribution in [3.8, 4) is 0 Å². The second kappa shape index (κ2) is 5.11. The van der Waals surface area contributed by atoms with Gasteiger partial charge in [0.1, 0.15) is 0 Å². The fourth-order valence-corrected chi connectivity index (χ4v) is 3.10. The van der Waals surface area contributed by atoms with Crippen LogP contribution in [0.15, 0.2) is 40.9 Å². The normalized spacial score (nSPS) is 13.7. The average molecular weight is 352 g/mol. The van der Waals surface area contributed by atoms with Crippen molar-refractivity contribution in [3.05, 3.63) is 62.6 Å². The van der Waals surface area contributed by atoms with E-state index in [1.807, 2.05) is 30.3 Å². The molecule has 0 saturated heterocycles. The molecule has 20 heavy (non-hydrogen) atoms. The minimum absolute atomic E-state index is 0.00582. The van der Waals surface area contributed by atoms with Gasteiger partial charge in [0.05, 0.1) is 0 Å². The Balaban J connectivity index is 1.86. The largest absolute Gasteiger partial charge is 0.399 e. The summed E-state index contributed by atoms with van der Waals surface area (Å²) in [6, 6.07) is 11.2. The van der Waals surface area contributed by atoms with E-state index in [1.54, 1.807) is 11.0 Å². The van der Waals surface area contributed by atoms with Crippen LogP contribution in [0.5, 0.6) is 0 Å². The Morgan fingerprint density at radius 1 is 1.25 bits per heavy atom. The maximum Gasteiger partial charge on any atom is 0.254 e. The van der Waals surface area contributed by atoms with E-state index in [-0.39, 0.29) is 5.91 Å². The molecular weight excluding hydrogens is 340 g/mol. The van der Waals surface area contributed by atoms with Gasteiger partial charge in [-0.2, -0.15) is 0 Å². The molecule has 0 aromatic heterocycles. The molecule has 0 aliphatic carbocycles. The van der Waals surface area contributed by atoms with Gasteiger partial charge in [-0.05, 0) is 35.4 Å². The number of halogens is 2. The summed E-state index contributed by atoms with van der Waals surface area (Å²) in [5.41, 5.74) is 8.99. The van der Waals surface area contributed by atoms with E-state index in [2.05, 4.69) is 15.9 Å². The number of benzene rings is 2. The minimum atomic E-state index is 0.00582. The topological polar surface area (TPSA) is 46.3 Å². The molecule has 0 bridgehead atoms. The summed E-state index contributed by atoms with van der Waals surface area (Å²) in [5.74, 6) is 0.00582. The van der Waals surface area contributed by atoms with Crippen LogP contribution in [0.25, 0.3) is 0 Å². The number of fused-ring (bicyclic) bond motifs is 1. The molecular formula is C15H12BrClN2O. The molecule has 0 fully saturated rings. The number of rotatable bonds is 2. The zero-order valence-corrected chi connectivity index (χ0v) is 12.9. The highest BCUT2D eigenvalue weighted by Gasteiger charge is 2.27. The highest BCUT2D eigenvalue weighted by molar-refractivity contribution is 9.10. The van der Waals surface area contributed by atoms with Gasteiger partial charge < -0.3 is 10.6 Å². The summed E-state index contributed by atoms with van der Waals surface area (Å²) in [6.45, 7) is 1.10. The highest BCUT2D eigenvalue weighted by atomic mass is 79.9. The molecule has 1 amide bonds. The van der Waals surface area contributed by atoms with Crippen molar-refractivity contribution in [3.63, 3.8) is 0 Å². The summed E-state index contributed by atoms with van der Waals surface area (Å²) >= 11 is 9.58. The SMILES string of the molecule is Nc1ccc2c(c1)C(=O)N(Cc1ccc(Br)cc1Cl)C2. The summed E-state index contributed by atoms with van der Waals surface area (Å²) in [4.78, 5) is 14.1. The van der Waals surface area contributed by atoms with Crippen LogP contribution in [0.2, 0.25) is 5.02 Å². The number of carbonyl (C=O) groups excluding carboxylic acids is 1. The van der Waals surface area contributed by atoms with Crippen LogP contribution in [0.3, 0.4) is 0 Å². The molecule has 3 nitrogen and oxygen atoms in total. The molecule has 0 radical (unpaired) electrons. The van der Waals surface area contributed by atoms with Crippen molar-refractivity contribution in [1.82, 2.24) is 4.90 Å². The summed E-state index contributed by atoms with van der Waals surface area (Å²) in [6.07, 6.45) is 0. The Labute approximate surface area is 130 Å². The Morgan fingerprint density at radius 3 is 2.80 bits per heavy atom. The zero-order valence-electron chi connectivity index (χ0n) is 10.6. The summed E-state index contributed by atoms with van der Waals surface area (Å²) in [5, 5.41) is 0.655. The lowest BCUT2D eigenvalue weighted by Gasteiger charge is -2.16. The fourth-order valence-electron chi connectivity index (χ4n) is 2.36. The van der Waals surface area contributed by atoms with Crippen molar-refractivity contribution in [1.29, 1.82) is 0 Å². The number of anilines is 1. The van der Waals surface area contributed by atoms with Crippen molar-refractivity contribution < 1.29 is 4.79 Å². The van der Waals surface area contributed by atoms with Gasteiger partial charge in [0.25, 0.3) is 5.91 Å². The lowest BCUT2D eigenvalue weighted by molar-refractivity contribution is 0.0767. The quantitative estimate of drug-likeness (QED) is 0.836. The van der Waals surface area contributed by atoms with Crippen molar-refractivity contribution >= 4 is 39.1 Å². The number of amides is 1. The summed E-state index contributed by atoms with van der Waals surface area (Å²) in [7, 11) is 0. The van der Waals surface area contributed by atoms with Crippen LogP contribution >= 0.6 is 27.5 Å². The molecule has 2 aromatic carbocycles. The first-order valence-electron chi connectivity index (χ1n) is 6.16. The van der Waals surface area contributed by atoms with Crippen molar-refractivity contribution in [2.75, 3.05) is 5.73 Å². The lowest BCUT2D eigenvalue weighted by atomic mass is 10.1. The van der Waals surface area contributed by atoms with E-state index >= 15 is 0 Å². The van der Waals surface area contributed by atoms with Gasteiger partial charge in [0, 0.05) is 33.8 Å². The Morgan fingerprint density at radius 2 is 2.05 bits per heavy atom. The number of carbonyl (C=O) groups is 1. The third-order valence-electron chi connectivity index (χ3n) is 3.39. The van der Waals surface area contributed by atoms with E-state index in [0.717, 1.165) is 15.6 Å². The third-order valence-corrected chi connectivity index (χ3v) is 4.23. The highest BCUT2D eigenvalue weighted by Crippen LogP contribution is 2.28. The molecule has 0 spiro atoms. The van der Waals surface area contributed by atoms with Crippen LogP contribution < -0.4 is 5.73 Å². The zero-order chi connectivity index (χ0) is 14.3. The van der Waals surface area contributed by atoms with Crippen molar-refractivity contribution in [2.24, 2.45) is 0 Å². The van der Waals surface area contributed by atoms with Crippen LogP contribution in [0.4, 0.5) is 5.69 Å². The number of hydrogen-bond donors (Lipinski definition) is 1. The predicted octanol–water partition coefficient (Wildman–Crippen LogP) is 3.84. The molecule has 2 N–H and O–H groups in total. The standard InChI is InChI=1S/C15H12BrClN2O/c16-11-3-1-10(14(17)5-11)8-19-7-9-2-4-12(18)6-13(9)15(19)20/h1-6H,7-8,18H2. The van der Waals surface area contributed by atoms with Crippen LogP contribution in [-0.2, 0) is 13.1 Å². The molecule has 1 heterocycles. The van der Waals surface area contributed by atoms with Gasteiger partial charge in [-0.1, -0.05) is 39.7 Å². The van der Waals surface area contributed by atoms with Crippen LogP contribution in [-0.4, -0.2) is 10.8 Å². The lowest BCUT2D eigenvalue weighted by Crippen LogP contribution is -2.23. The first kappa shape index (κ1) is 13.5. The van der Waals surface area contributed by atoms with E-state index in [4.69, 9.17) is 17.3 Å². The molecule has 1 aliphatic rings. The van der Waals surface area contributed by atoms with Gasteiger partial charge >= 0.3 is 0 Å². The first-order chi connectivity index (χ1) is 9.54. The molecule has 2 aromatic rings. The molecule has 5 heteroatoms. The molecule has 0 unspecified atom stereocenters. The van der Waals surface area contributed by atoms with Gasteiger partial charge in [-0.15, -0.1) is 0 Å². The van der Waals surface area contributed by atoms with Gasteiger partial charge in [0.15, 0.2) is 0 Å². The summed E-state index contributed by atoms with van der Waals surface area (Å²) < 4.78 is 0.926. The Bertz CT molecular complexity index is 702. The second-order valence-corrected chi connectivity index (χ2v) is 6.14. The number of hydrogen-bond acceptors (Lipinski definition) is 2. The van der Waals surface area contributed by atoms with E-state index in [9.17, 15) is 4.79 Å². The monoisotopic (exact) mass is 350 g/mol. The molecule has 3 rings (SSSR count). The van der Waals surface area contributed by atoms with E-state index in [1.165, 1.54) is 0 Å². The molecule has 102 valence electrons. The van der Waals surface area contributed by atoms with Crippen LogP contribution in [0, 0.1) is 0 Å². The van der Waals surface area contributed by atoms with E-state index < -0.39 is 0 Å². The van der Waals surface area contributed by atoms with Gasteiger partial charge in [-0.25, -0.2) is 0 Å². The molecule has 1 aliphatic heterocycles. The first-order valence-corrected chi connectivity index (χ1v) is 7.33. The van der Waals surface area contributed by atoms with Gasteiger partial charge in [-0.3, -0.25) is 4.79 Å². The maximum atomic E-state index is 12.3. The Hall–Kier alpha value is -1.52.